The second kappa shape index (κ2) is 7.01. The molecule has 0 bridgehead atoms. The van der Waals surface area contributed by atoms with E-state index in [1.807, 2.05) is 13.8 Å². The Morgan fingerprint density at radius 3 is 2.32 bits per heavy atom. The molecule has 0 saturated carbocycles. The van der Waals surface area contributed by atoms with Crippen LogP contribution in [0.5, 0.6) is 5.75 Å². The SMILES string of the molecule is CCC(C)[C@H](N)c1ccc(OC)cc1C(F)(F)F.Cl. The molecule has 1 unspecified atom stereocenters. The van der Waals surface area contributed by atoms with Crippen LogP contribution in [-0.4, -0.2) is 7.11 Å². The van der Waals surface area contributed by atoms with E-state index in [-0.39, 0.29) is 29.6 Å². The van der Waals surface area contributed by atoms with Crippen LogP contribution in [0.25, 0.3) is 0 Å². The quantitative estimate of drug-likeness (QED) is 0.905. The molecular formula is C13H19ClF3NO. The fourth-order valence-corrected chi connectivity index (χ4v) is 1.76. The van der Waals surface area contributed by atoms with Crippen LogP contribution in [0.15, 0.2) is 18.2 Å². The maximum atomic E-state index is 13.0. The zero-order chi connectivity index (χ0) is 13.9. The minimum Gasteiger partial charge on any atom is -0.497 e. The van der Waals surface area contributed by atoms with E-state index in [9.17, 15) is 13.2 Å². The number of hydrogen-bond acceptors (Lipinski definition) is 2. The molecule has 0 heterocycles. The van der Waals surface area contributed by atoms with Gasteiger partial charge < -0.3 is 10.5 Å². The van der Waals surface area contributed by atoms with Crippen LogP contribution in [0, 0.1) is 5.92 Å². The lowest BCUT2D eigenvalue weighted by molar-refractivity contribution is -0.138. The van der Waals surface area contributed by atoms with Gasteiger partial charge in [-0.15, -0.1) is 12.4 Å². The summed E-state index contributed by atoms with van der Waals surface area (Å²) in [5.74, 6) is 0.168. The zero-order valence-electron chi connectivity index (χ0n) is 11.1. The van der Waals surface area contributed by atoms with Gasteiger partial charge in [0.15, 0.2) is 0 Å². The van der Waals surface area contributed by atoms with Crippen LogP contribution in [0.2, 0.25) is 0 Å². The molecule has 0 aliphatic heterocycles. The van der Waals surface area contributed by atoms with Crippen molar-refractivity contribution in [3.8, 4) is 5.75 Å². The van der Waals surface area contributed by atoms with Gasteiger partial charge in [0, 0.05) is 6.04 Å². The van der Waals surface area contributed by atoms with Gasteiger partial charge in [-0.05, 0) is 23.6 Å². The number of hydrogen-bond donors (Lipinski definition) is 1. The Labute approximate surface area is 117 Å². The van der Waals surface area contributed by atoms with Crippen LogP contribution < -0.4 is 10.5 Å². The average Bonchev–Trinajstić information content (AvgIpc) is 2.35. The summed E-state index contributed by atoms with van der Waals surface area (Å²) in [4.78, 5) is 0. The first-order valence-corrected chi connectivity index (χ1v) is 5.82. The van der Waals surface area contributed by atoms with Crippen molar-refractivity contribution >= 4 is 12.4 Å². The third-order valence-corrected chi connectivity index (χ3v) is 3.18. The van der Waals surface area contributed by atoms with Crippen molar-refractivity contribution in [1.29, 1.82) is 0 Å². The topological polar surface area (TPSA) is 35.2 Å². The molecule has 0 spiro atoms. The Balaban J connectivity index is 0.00000324. The van der Waals surface area contributed by atoms with Crippen LogP contribution >= 0.6 is 12.4 Å². The molecule has 2 nitrogen and oxygen atoms in total. The maximum absolute atomic E-state index is 13.0. The molecule has 110 valence electrons. The number of halogens is 4. The largest absolute Gasteiger partial charge is 0.497 e. The monoisotopic (exact) mass is 297 g/mol. The number of nitrogens with two attached hydrogens (primary N) is 1. The molecule has 0 radical (unpaired) electrons. The number of rotatable bonds is 4. The number of alkyl halides is 3. The highest BCUT2D eigenvalue weighted by atomic mass is 35.5. The molecule has 0 amide bonds. The summed E-state index contributed by atoms with van der Waals surface area (Å²) < 4.78 is 43.8. The Morgan fingerprint density at radius 1 is 1.32 bits per heavy atom. The van der Waals surface area contributed by atoms with Crippen molar-refractivity contribution < 1.29 is 17.9 Å². The van der Waals surface area contributed by atoms with Crippen molar-refractivity contribution in [3.05, 3.63) is 29.3 Å². The van der Waals surface area contributed by atoms with E-state index in [1.54, 1.807) is 0 Å². The first-order chi connectivity index (χ1) is 8.31. The summed E-state index contributed by atoms with van der Waals surface area (Å²) in [5.41, 5.74) is 5.31. The highest BCUT2D eigenvalue weighted by Gasteiger charge is 2.35. The van der Waals surface area contributed by atoms with Gasteiger partial charge >= 0.3 is 6.18 Å². The van der Waals surface area contributed by atoms with Gasteiger partial charge in [0.05, 0.1) is 12.7 Å². The smallest absolute Gasteiger partial charge is 0.416 e. The summed E-state index contributed by atoms with van der Waals surface area (Å²) in [6.07, 6.45) is -3.69. The lowest BCUT2D eigenvalue weighted by atomic mass is 9.90. The Bertz CT molecular complexity index is 409. The van der Waals surface area contributed by atoms with Gasteiger partial charge in [-0.2, -0.15) is 13.2 Å². The molecule has 0 aromatic heterocycles. The van der Waals surface area contributed by atoms with Crippen molar-refractivity contribution in [2.75, 3.05) is 7.11 Å². The van der Waals surface area contributed by atoms with Crippen molar-refractivity contribution in [2.24, 2.45) is 11.7 Å². The highest BCUT2D eigenvalue weighted by Crippen LogP contribution is 2.38. The van der Waals surface area contributed by atoms with E-state index in [0.717, 1.165) is 12.5 Å². The minimum atomic E-state index is -4.42. The third-order valence-electron chi connectivity index (χ3n) is 3.18. The lowest BCUT2D eigenvalue weighted by Crippen LogP contribution is -2.22. The molecule has 1 rings (SSSR count). The second-order valence-electron chi connectivity index (χ2n) is 4.36. The molecule has 19 heavy (non-hydrogen) atoms. The van der Waals surface area contributed by atoms with Crippen molar-refractivity contribution in [1.82, 2.24) is 0 Å². The first-order valence-electron chi connectivity index (χ1n) is 5.82. The van der Waals surface area contributed by atoms with Crippen LogP contribution in [0.1, 0.15) is 37.4 Å². The zero-order valence-corrected chi connectivity index (χ0v) is 11.9. The summed E-state index contributed by atoms with van der Waals surface area (Å²) in [5, 5.41) is 0. The van der Waals surface area contributed by atoms with Gasteiger partial charge in [0.2, 0.25) is 0 Å². The molecule has 1 aromatic rings. The Hall–Kier alpha value is -0.940. The molecule has 0 aliphatic rings. The fourth-order valence-electron chi connectivity index (χ4n) is 1.76. The van der Waals surface area contributed by atoms with E-state index in [1.165, 1.54) is 19.2 Å². The van der Waals surface area contributed by atoms with Crippen LogP contribution in [0.3, 0.4) is 0 Å². The molecule has 0 aliphatic carbocycles. The molecule has 0 fully saturated rings. The summed E-state index contributed by atoms with van der Waals surface area (Å²) in [6, 6.07) is 3.28. The first kappa shape index (κ1) is 18.1. The summed E-state index contributed by atoms with van der Waals surface area (Å²) in [7, 11) is 1.34. The Kier molecular flexibility index (Phi) is 6.66. The summed E-state index contributed by atoms with van der Waals surface area (Å²) in [6.45, 7) is 3.75. The fraction of sp³-hybridized carbons (Fsp3) is 0.538. The number of benzene rings is 1. The van der Waals surface area contributed by atoms with Gasteiger partial charge in [-0.25, -0.2) is 0 Å². The van der Waals surface area contributed by atoms with Gasteiger partial charge in [-0.3, -0.25) is 0 Å². The normalized spacial score (nSPS) is 14.5. The Morgan fingerprint density at radius 2 is 1.89 bits per heavy atom. The predicted octanol–water partition coefficient (Wildman–Crippen LogP) is 4.18. The third kappa shape index (κ3) is 4.28. The molecule has 1 aromatic carbocycles. The predicted molar refractivity (Wildman–Crippen MR) is 71.6 cm³/mol. The van der Waals surface area contributed by atoms with Gasteiger partial charge in [0.1, 0.15) is 5.75 Å². The molecule has 0 saturated heterocycles. The van der Waals surface area contributed by atoms with E-state index in [2.05, 4.69) is 0 Å². The van der Waals surface area contributed by atoms with E-state index < -0.39 is 17.8 Å². The molecule has 6 heteroatoms. The molecule has 2 N–H and O–H groups in total. The standard InChI is InChI=1S/C13H18F3NO.ClH/c1-4-8(2)12(17)10-6-5-9(18-3)7-11(10)13(14,15)16;/h5-8,12H,4,17H2,1-3H3;1H/t8?,12-;/m0./s1. The minimum absolute atomic E-state index is 0. The van der Waals surface area contributed by atoms with Crippen LogP contribution in [0.4, 0.5) is 13.2 Å². The number of ether oxygens (including phenoxy) is 1. The van der Waals surface area contributed by atoms with E-state index in [4.69, 9.17) is 10.5 Å². The molecular weight excluding hydrogens is 279 g/mol. The maximum Gasteiger partial charge on any atom is 0.416 e. The average molecular weight is 298 g/mol. The highest BCUT2D eigenvalue weighted by molar-refractivity contribution is 5.85. The van der Waals surface area contributed by atoms with Gasteiger partial charge in [-0.1, -0.05) is 26.3 Å². The van der Waals surface area contributed by atoms with Gasteiger partial charge in [0.25, 0.3) is 0 Å². The van der Waals surface area contributed by atoms with Crippen molar-refractivity contribution in [2.45, 2.75) is 32.5 Å². The summed E-state index contributed by atoms with van der Waals surface area (Å²) >= 11 is 0. The van der Waals surface area contributed by atoms with Crippen molar-refractivity contribution in [3.63, 3.8) is 0 Å². The van der Waals surface area contributed by atoms with E-state index >= 15 is 0 Å². The lowest BCUT2D eigenvalue weighted by Gasteiger charge is -2.23. The second-order valence-corrected chi connectivity index (χ2v) is 4.36. The van der Waals surface area contributed by atoms with E-state index in [0.29, 0.717) is 0 Å². The molecule has 2 atom stereocenters. The van der Waals surface area contributed by atoms with Crippen LogP contribution in [-0.2, 0) is 6.18 Å². The number of methoxy groups -OCH3 is 1.